The Hall–Kier alpha value is -3.42. The summed E-state index contributed by atoms with van der Waals surface area (Å²) < 4.78 is 4.71. The van der Waals surface area contributed by atoms with Crippen LogP contribution in [0.3, 0.4) is 0 Å². The van der Waals surface area contributed by atoms with E-state index < -0.39 is 16.8 Å². The molecule has 1 aliphatic heterocycles. The number of nitrogens with zero attached hydrogens (tertiary/aromatic N) is 2. The highest BCUT2D eigenvalue weighted by Crippen LogP contribution is 2.30. The van der Waals surface area contributed by atoms with E-state index in [-0.39, 0.29) is 11.3 Å². The maximum absolute atomic E-state index is 13.1. The Labute approximate surface area is 175 Å². The summed E-state index contributed by atoms with van der Waals surface area (Å²) in [4.78, 5) is 37.6. The Balaban J connectivity index is 1.91. The van der Waals surface area contributed by atoms with E-state index in [4.69, 9.17) is 4.74 Å². The van der Waals surface area contributed by atoms with Crippen molar-refractivity contribution in [3.05, 3.63) is 63.2 Å². The topological polar surface area (TPSA) is 102 Å². The van der Waals surface area contributed by atoms with E-state index in [1.165, 1.54) is 19.2 Å². The minimum atomic E-state index is -0.505. The predicted molar refractivity (Wildman–Crippen MR) is 114 cm³/mol. The van der Waals surface area contributed by atoms with Gasteiger partial charge < -0.3 is 15.0 Å². The number of carbonyl (C=O) groups is 2. The molecule has 1 N–H and O–H groups in total. The van der Waals surface area contributed by atoms with Crippen LogP contribution in [0.1, 0.15) is 46.0 Å². The highest BCUT2D eigenvalue weighted by atomic mass is 16.6. The molecule has 3 rings (SSSR count). The summed E-state index contributed by atoms with van der Waals surface area (Å²) in [7, 11) is 1.30. The average Bonchev–Trinajstić information content (AvgIpc) is 2.74. The maximum Gasteiger partial charge on any atom is 0.337 e. The third-order valence-corrected chi connectivity index (χ3v) is 5.46. The molecular weight excluding hydrogens is 386 g/mol. The summed E-state index contributed by atoms with van der Waals surface area (Å²) in [5, 5.41) is 14.1. The van der Waals surface area contributed by atoms with Gasteiger partial charge in [0, 0.05) is 30.9 Å². The number of amides is 1. The van der Waals surface area contributed by atoms with Gasteiger partial charge in [-0.05, 0) is 55.5 Å². The van der Waals surface area contributed by atoms with Crippen LogP contribution >= 0.6 is 0 Å². The van der Waals surface area contributed by atoms with Crippen LogP contribution < -0.4 is 10.2 Å². The van der Waals surface area contributed by atoms with Crippen molar-refractivity contribution in [2.45, 2.75) is 26.7 Å². The first kappa shape index (κ1) is 21.3. The number of carbonyl (C=O) groups excluding carboxylic acids is 2. The highest BCUT2D eigenvalue weighted by Gasteiger charge is 2.24. The molecule has 0 unspecified atom stereocenters. The molecule has 2 aromatic rings. The zero-order valence-corrected chi connectivity index (χ0v) is 17.3. The third kappa shape index (κ3) is 4.59. The second-order valence-electron chi connectivity index (χ2n) is 7.60. The molecule has 30 heavy (non-hydrogen) atoms. The third-order valence-electron chi connectivity index (χ3n) is 5.46. The summed E-state index contributed by atoms with van der Waals surface area (Å²) in [6.45, 7) is 5.56. The molecule has 1 fully saturated rings. The lowest BCUT2D eigenvalue weighted by Gasteiger charge is -2.33. The minimum Gasteiger partial charge on any atom is -0.465 e. The summed E-state index contributed by atoms with van der Waals surface area (Å²) >= 11 is 0. The van der Waals surface area contributed by atoms with Gasteiger partial charge in [-0.3, -0.25) is 14.9 Å². The molecule has 0 radical (unpaired) electrons. The molecule has 0 bridgehead atoms. The molecule has 0 spiro atoms. The number of nitro groups is 1. The summed E-state index contributed by atoms with van der Waals surface area (Å²) in [5.41, 5.74) is 2.41. The van der Waals surface area contributed by atoms with E-state index in [2.05, 4.69) is 17.1 Å². The van der Waals surface area contributed by atoms with Crippen molar-refractivity contribution in [2.75, 3.05) is 30.4 Å². The number of rotatable bonds is 5. The van der Waals surface area contributed by atoms with Crippen LogP contribution in [0.25, 0.3) is 0 Å². The van der Waals surface area contributed by atoms with E-state index in [0.717, 1.165) is 25.9 Å². The van der Waals surface area contributed by atoms with E-state index in [9.17, 15) is 19.7 Å². The van der Waals surface area contributed by atoms with Crippen LogP contribution in [-0.4, -0.2) is 37.0 Å². The van der Waals surface area contributed by atoms with Crippen molar-refractivity contribution < 1.29 is 19.2 Å². The first-order valence-corrected chi connectivity index (χ1v) is 9.84. The zero-order chi connectivity index (χ0) is 21.8. The number of methoxy groups -OCH3 is 1. The van der Waals surface area contributed by atoms with E-state index in [1.807, 2.05) is 0 Å². The summed E-state index contributed by atoms with van der Waals surface area (Å²) in [6, 6.07) is 9.22. The standard InChI is InChI=1S/C22H25N3O5/c1-14-8-10-24(11-9-14)20-7-5-17(25(28)29)13-18(20)21(26)23-19-6-4-16(12-15(19)2)22(27)30-3/h4-7,12-14H,8-11H2,1-3H3,(H,23,26). The van der Waals surface area contributed by atoms with Crippen LogP contribution in [0.15, 0.2) is 36.4 Å². The first-order valence-electron chi connectivity index (χ1n) is 9.84. The van der Waals surface area contributed by atoms with Gasteiger partial charge in [0.25, 0.3) is 11.6 Å². The van der Waals surface area contributed by atoms with Crippen molar-refractivity contribution in [2.24, 2.45) is 5.92 Å². The molecule has 8 heteroatoms. The number of nitrogens with one attached hydrogen (secondary N) is 1. The Morgan fingerprint density at radius 2 is 1.87 bits per heavy atom. The predicted octanol–water partition coefficient (Wildman–Crippen LogP) is 4.18. The number of aryl methyl sites for hydroxylation is 1. The number of non-ortho nitro benzene ring substituents is 1. The zero-order valence-electron chi connectivity index (χ0n) is 17.3. The quantitative estimate of drug-likeness (QED) is 0.450. The van der Waals surface area contributed by atoms with Crippen molar-refractivity contribution in [1.82, 2.24) is 0 Å². The van der Waals surface area contributed by atoms with Crippen LogP contribution in [0, 0.1) is 23.0 Å². The lowest BCUT2D eigenvalue weighted by atomic mass is 9.97. The lowest BCUT2D eigenvalue weighted by molar-refractivity contribution is -0.384. The Morgan fingerprint density at radius 1 is 1.17 bits per heavy atom. The van der Waals surface area contributed by atoms with Gasteiger partial charge >= 0.3 is 5.97 Å². The molecule has 1 heterocycles. The Morgan fingerprint density at radius 3 is 2.47 bits per heavy atom. The first-order chi connectivity index (χ1) is 14.3. The van der Waals surface area contributed by atoms with Gasteiger partial charge in [0.05, 0.1) is 28.8 Å². The average molecular weight is 411 g/mol. The molecule has 158 valence electrons. The number of hydrogen-bond donors (Lipinski definition) is 1. The van der Waals surface area contributed by atoms with E-state index in [1.54, 1.807) is 31.2 Å². The van der Waals surface area contributed by atoms with Crippen LogP contribution in [-0.2, 0) is 4.74 Å². The van der Waals surface area contributed by atoms with Crippen molar-refractivity contribution in [1.29, 1.82) is 0 Å². The maximum atomic E-state index is 13.1. The fraction of sp³-hybridized carbons (Fsp3) is 0.364. The molecule has 0 aliphatic carbocycles. The number of hydrogen-bond acceptors (Lipinski definition) is 6. The highest BCUT2D eigenvalue weighted by molar-refractivity contribution is 6.09. The smallest absolute Gasteiger partial charge is 0.337 e. The number of piperidine rings is 1. The van der Waals surface area contributed by atoms with Crippen LogP contribution in [0.2, 0.25) is 0 Å². The summed E-state index contributed by atoms with van der Waals surface area (Å²) in [6.07, 6.45) is 2.01. The molecule has 1 aliphatic rings. The Kier molecular flexibility index (Phi) is 6.34. The fourth-order valence-electron chi connectivity index (χ4n) is 3.58. The van der Waals surface area contributed by atoms with E-state index >= 15 is 0 Å². The minimum absolute atomic E-state index is 0.132. The fourth-order valence-corrected chi connectivity index (χ4v) is 3.58. The van der Waals surface area contributed by atoms with Gasteiger partial charge in [-0.2, -0.15) is 0 Å². The van der Waals surface area contributed by atoms with Crippen molar-refractivity contribution in [3.63, 3.8) is 0 Å². The number of ether oxygens (including phenoxy) is 1. The number of esters is 1. The van der Waals surface area contributed by atoms with Crippen LogP contribution in [0.5, 0.6) is 0 Å². The summed E-state index contributed by atoms with van der Waals surface area (Å²) in [5.74, 6) is -0.273. The Bertz CT molecular complexity index is 981. The molecule has 0 saturated carbocycles. The largest absolute Gasteiger partial charge is 0.465 e. The SMILES string of the molecule is COC(=O)c1ccc(NC(=O)c2cc([N+](=O)[O-])ccc2N2CCC(C)CC2)c(C)c1. The molecule has 1 saturated heterocycles. The number of benzene rings is 2. The molecule has 8 nitrogen and oxygen atoms in total. The van der Waals surface area contributed by atoms with Gasteiger partial charge in [-0.25, -0.2) is 4.79 Å². The molecular formula is C22H25N3O5. The van der Waals surface area contributed by atoms with Gasteiger partial charge in [-0.1, -0.05) is 6.92 Å². The lowest BCUT2D eigenvalue weighted by Crippen LogP contribution is -2.34. The monoisotopic (exact) mass is 411 g/mol. The van der Waals surface area contributed by atoms with Gasteiger partial charge in [0.1, 0.15) is 0 Å². The second-order valence-corrected chi connectivity index (χ2v) is 7.60. The van der Waals surface area contributed by atoms with Crippen molar-refractivity contribution in [3.8, 4) is 0 Å². The second kappa shape index (κ2) is 8.94. The van der Waals surface area contributed by atoms with Gasteiger partial charge in [0.15, 0.2) is 0 Å². The molecule has 2 aromatic carbocycles. The number of nitro benzene ring substituents is 1. The van der Waals surface area contributed by atoms with E-state index in [0.29, 0.717) is 28.4 Å². The number of anilines is 2. The molecule has 0 atom stereocenters. The van der Waals surface area contributed by atoms with Crippen LogP contribution in [0.4, 0.5) is 17.1 Å². The van der Waals surface area contributed by atoms with Gasteiger partial charge in [-0.15, -0.1) is 0 Å². The van der Waals surface area contributed by atoms with Crippen molar-refractivity contribution >= 4 is 28.9 Å². The molecule has 1 amide bonds. The van der Waals surface area contributed by atoms with Gasteiger partial charge in [0.2, 0.25) is 0 Å². The molecule has 0 aromatic heterocycles. The normalized spacial score (nSPS) is 14.3.